The Kier molecular flexibility index (Phi) is 5.14. The highest BCUT2D eigenvalue weighted by Gasteiger charge is 2.24. The molecule has 0 saturated carbocycles. The fourth-order valence-electron chi connectivity index (χ4n) is 1.37. The predicted octanol–water partition coefficient (Wildman–Crippen LogP) is 1.19. The molecule has 0 heterocycles. The van der Waals surface area contributed by atoms with Gasteiger partial charge in [0, 0.05) is 6.54 Å². The van der Waals surface area contributed by atoms with E-state index < -0.39 is 35.7 Å². The molecular formula is C12H19FN2O4S2. The summed E-state index contributed by atoms with van der Waals surface area (Å²) >= 11 is 0. The fourth-order valence-corrected chi connectivity index (χ4v) is 3.19. The number of hydrogen-bond donors (Lipinski definition) is 2. The minimum absolute atomic E-state index is 0.141. The zero-order valence-corrected chi connectivity index (χ0v) is 13.7. The highest BCUT2D eigenvalue weighted by Crippen LogP contribution is 2.21. The fraction of sp³-hybridized carbons (Fsp3) is 0.500. The molecule has 0 saturated heterocycles. The van der Waals surface area contributed by atoms with Crippen molar-refractivity contribution in [2.24, 2.45) is 10.6 Å². The maximum Gasteiger partial charge on any atom is 0.243 e. The van der Waals surface area contributed by atoms with Crippen LogP contribution in [-0.4, -0.2) is 23.4 Å². The molecule has 3 N–H and O–H groups in total. The van der Waals surface area contributed by atoms with Gasteiger partial charge in [0.15, 0.2) is 0 Å². The van der Waals surface area contributed by atoms with Crippen molar-refractivity contribution in [1.29, 1.82) is 0 Å². The molecule has 1 aromatic carbocycles. The summed E-state index contributed by atoms with van der Waals surface area (Å²) in [6.45, 7) is 5.80. The number of sulfonamides is 2. The van der Waals surface area contributed by atoms with Crippen LogP contribution in [0.1, 0.15) is 27.2 Å². The monoisotopic (exact) mass is 338 g/mol. The first kappa shape index (κ1) is 18.0. The van der Waals surface area contributed by atoms with Gasteiger partial charge >= 0.3 is 0 Å². The highest BCUT2D eigenvalue weighted by atomic mass is 32.2. The zero-order chi connectivity index (χ0) is 16.5. The molecule has 1 rings (SSSR count). The van der Waals surface area contributed by atoms with E-state index in [-0.39, 0.29) is 12.0 Å². The van der Waals surface area contributed by atoms with Gasteiger partial charge in [-0.1, -0.05) is 20.8 Å². The van der Waals surface area contributed by atoms with Crippen LogP contribution in [0.2, 0.25) is 0 Å². The topological polar surface area (TPSA) is 106 Å². The summed E-state index contributed by atoms with van der Waals surface area (Å²) in [6, 6.07) is 2.43. The number of nitrogens with two attached hydrogens (primary N) is 1. The van der Waals surface area contributed by atoms with Gasteiger partial charge in [-0.15, -0.1) is 0 Å². The molecule has 0 amide bonds. The number of benzene rings is 1. The Morgan fingerprint density at radius 2 is 1.81 bits per heavy atom. The van der Waals surface area contributed by atoms with E-state index in [9.17, 15) is 21.2 Å². The van der Waals surface area contributed by atoms with Crippen LogP contribution in [0.3, 0.4) is 0 Å². The van der Waals surface area contributed by atoms with Crippen LogP contribution in [0.25, 0.3) is 0 Å². The Bertz CT molecular complexity index is 728. The standard InChI is InChI=1S/C12H19FN2O4S2/c1-4-12(2,3)8-15-21(18,19)11-6-5-9(7-10(11)13)20(14,16)17/h5-7,15H,4,8H2,1-3H3,(H2,14,16,17). The lowest BCUT2D eigenvalue weighted by atomic mass is 9.91. The van der Waals surface area contributed by atoms with Crippen LogP contribution in [0.5, 0.6) is 0 Å². The third-order valence-corrected chi connectivity index (χ3v) is 5.56. The molecule has 0 aliphatic carbocycles. The van der Waals surface area contributed by atoms with Gasteiger partial charge in [-0.25, -0.2) is 31.1 Å². The minimum atomic E-state index is -4.08. The first-order valence-corrected chi connectivity index (χ1v) is 9.24. The van der Waals surface area contributed by atoms with Gasteiger partial charge in [-0.05, 0) is 30.0 Å². The van der Waals surface area contributed by atoms with E-state index in [0.29, 0.717) is 6.07 Å². The lowest BCUT2D eigenvalue weighted by Crippen LogP contribution is -2.34. The number of primary sulfonamides is 1. The van der Waals surface area contributed by atoms with Crippen LogP contribution in [0.4, 0.5) is 4.39 Å². The maximum atomic E-state index is 13.8. The van der Waals surface area contributed by atoms with Gasteiger partial charge in [-0.2, -0.15) is 0 Å². The Morgan fingerprint density at radius 3 is 2.24 bits per heavy atom. The second-order valence-electron chi connectivity index (χ2n) is 5.48. The average molecular weight is 338 g/mol. The lowest BCUT2D eigenvalue weighted by Gasteiger charge is -2.22. The molecule has 0 aliphatic heterocycles. The number of rotatable bonds is 6. The van der Waals surface area contributed by atoms with Crippen molar-refractivity contribution in [1.82, 2.24) is 4.72 Å². The smallest absolute Gasteiger partial charge is 0.225 e. The van der Waals surface area contributed by atoms with Gasteiger partial charge in [0.05, 0.1) is 4.90 Å². The zero-order valence-electron chi connectivity index (χ0n) is 12.1. The third kappa shape index (κ3) is 4.73. The van der Waals surface area contributed by atoms with E-state index >= 15 is 0 Å². The van der Waals surface area contributed by atoms with Crippen molar-refractivity contribution in [3.63, 3.8) is 0 Å². The van der Waals surface area contributed by atoms with Crippen molar-refractivity contribution in [3.8, 4) is 0 Å². The van der Waals surface area contributed by atoms with Gasteiger partial charge in [0.2, 0.25) is 20.0 Å². The molecule has 0 aliphatic rings. The molecule has 21 heavy (non-hydrogen) atoms. The summed E-state index contributed by atoms with van der Waals surface area (Å²) < 4.78 is 62.4. The molecule has 0 atom stereocenters. The molecular weight excluding hydrogens is 319 g/mol. The summed E-state index contributed by atoms with van der Waals surface area (Å²) in [5, 5.41) is 4.86. The van der Waals surface area contributed by atoms with Crippen molar-refractivity contribution in [2.45, 2.75) is 37.0 Å². The summed E-state index contributed by atoms with van der Waals surface area (Å²) in [7, 11) is -8.14. The first-order valence-electron chi connectivity index (χ1n) is 6.21. The summed E-state index contributed by atoms with van der Waals surface area (Å²) in [6.07, 6.45) is 0.738. The van der Waals surface area contributed by atoms with Crippen LogP contribution < -0.4 is 9.86 Å². The third-order valence-electron chi connectivity index (χ3n) is 3.22. The minimum Gasteiger partial charge on any atom is -0.225 e. The Morgan fingerprint density at radius 1 is 1.24 bits per heavy atom. The molecule has 0 aromatic heterocycles. The van der Waals surface area contributed by atoms with Crippen molar-refractivity contribution >= 4 is 20.0 Å². The molecule has 1 aromatic rings. The SMILES string of the molecule is CCC(C)(C)CNS(=O)(=O)c1ccc(S(N)(=O)=O)cc1F. The Hall–Kier alpha value is -1.03. The van der Waals surface area contributed by atoms with Gasteiger partial charge in [-0.3, -0.25) is 0 Å². The molecule has 9 heteroatoms. The van der Waals surface area contributed by atoms with E-state index in [1.54, 1.807) is 0 Å². The van der Waals surface area contributed by atoms with Crippen LogP contribution in [0.15, 0.2) is 28.0 Å². The Balaban J connectivity index is 3.11. The molecule has 0 unspecified atom stereocenters. The second-order valence-corrected chi connectivity index (χ2v) is 8.78. The number of nitrogens with one attached hydrogen (secondary N) is 1. The largest absolute Gasteiger partial charge is 0.243 e. The van der Waals surface area contributed by atoms with Crippen molar-refractivity contribution in [2.75, 3.05) is 6.54 Å². The van der Waals surface area contributed by atoms with Gasteiger partial charge < -0.3 is 0 Å². The number of halogens is 1. The molecule has 0 spiro atoms. The molecule has 120 valence electrons. The van der Waals surface area contributed by atoms with Crippen LogP contribution >= 0.6 is 0 Å². The highest BCUT2D eigenvalue weighted by molar-refractivity contribution is 7.89. The predicted molar refractivity (Wildman–Crippen MR) is 77.0 cm³/mol. The van der Waals surface area contributed by atoms with E-state index in [1.165, 1.54) is 0 Å². The molecule has 0 fully saturated rings. The average Bonchev–Trinajstić information content (AvgIpc) is 2.35. The van der Waals surface area contributed by atoms with E-state index in [2.05, 4.69) is 4.72 Å². The maximum absolute atomic E-state index is 13.8. The molecule has 0 bridgehead atoms. The summed E-state index contributed by atoms with van der Waals surface area (Å²) in [5.41, 5.74) is -0.274. The van der Waals surface area contributed by atoms with E-state index in [4.69, 9.17) is 5.14 Å². The quantitative estimate of drug-likeness (QED) is 0.812. The normalized spacial score (nSPS) is 13.4. The Labute approximate surface area is 124 Å². The summed E-state index contributed by atoms with van der Waals surface area (Å²) in [5.74, 6) is -1.16. The molecule has 0 radical (unpaired) electrons. The van der Waals surface area contributed by atoms with Gasteiger partial charge in [0.25, 0.3) is 0 Å². The lowest BCUT2D eigenvalue weighted by molar-refractivity contribution is 0.350. The van der Waals surface area contributed by atoms with E-state index in [1.807, 2.05) is 20.8 Å². The first-order chi connectivity index (χ1) is 9.39. The van der Waals surface area contributed by atoms with Crippen molar-refractivity contribution < 1.29 is 21.2 Å². The number of hydrogen-bond acceptors (Lipinski definition) is 4. The van der Waals surface area contributed by atoms with Crippen molar-refractivity contribution in [3.05, 3.63) is 24.0 Å². The van der Waals surface area contributed by atoms with Crippen LogP contribution in [0, 0.1) is 11.2 Å². The van der Waals surface area contributed by atoms with Crippen LogP contribution in [-0.2, 0) is 20.0 Å². The summed E-state index contributed by atoms with van der Waals surface area (Å²) in [4.78, 5) is -1.09. The van der Waals surface area contributed by atoms with E-state index in [0.717, 1.165) is 18.6 Å². The second kappa shape index (κ2) is 5.99. The van der Waals surface area contributed by atoms with Gasteiger partial charge in [0.1, 0.15) is 10.7 Å². The molecule has 6 nitrogen and oxygen atoms in total.